The lowest BCUT2D eigenvalue weighted by molar-refractivity contribution is -0.0611. The zero-order valence-corrected chi connectivity index (χ0v) is 28.6. The molecule has 0 radical (unpaired) electrons. The third-order valence-corrected chi connectivity index (χ3v) is 7.64. The smallest absolute Gasteiger partial charge is 0.146 e. The van der Waals surface area contributed by atoms with Crippen LogP contribution in [0.15, 0.2) is 0 Å². The third kappa shape index (κ3) is 27.1. The number of hydrogen-bond donors (Lipinski definition) is 0. The van der Waals surface area contributed by atoms with Gasteiger partial charge in [0.15, 0.2) is 0 Å². The molecule has 8 aliphatic heterocycles. The average molecular weight is 727 g/mol. The molecule has 0 bridgehead atoms. The van der Waals surface area contributed by atoms with E-state index in [-0.39, 0.29) is 27.7 Å². The SMILES string of the molecule is C.C.C.C(CC1CO1)OCC1CO1.C(OCC1CO1)OCC1CO1.CC(C)(COCC1CO1)COCC1CO1.CC(CC1CO1)OCC1CO1. The van der Waals surface area contributed by atoms with Gasteiger partial charge < -0.3 is 66.3 Å². The summed E-state index contributed by atoms with van der Waals surface area (Å²) in [6.07, 6.45) is 5.53. The van der Waals surface area contributed by atoms with Crippen molar-refractivity contribution in [1.29, 1.82) is 0 Å². The Labute approximate surface area is 301 Å². The number of epoxide rings is 8. The maximum Gasteiger partial charge on any atom is 0.146 e. The van der Waals surface area contributed by atoms with Crippen molar-refractivity contribution < 1.29 is 66.3 Å². The zero-order chi connectivity index (χ0) is 32.7. The first-order chi connectivity index (χ1) is 22.9. The summed E-state index contributed by atoms with van der Waals surface area (Å²) in [6, 6.07) is 0. The van der Waals surface area contributed by atoms with E-state index >= 15 is 0 Å². The van der Waals surface area contributed by atoms with Crippen LogP contribution in [0.2, 0.25) is 0 Å². The van der Waals surface area contributed by atoms with Crippen molar-refractivity contribution in [1.82, 2.24) is 0 Å². The van der Waals surface area contributed by atoms with E-state index in [1.54, 1.807) is 0 Å². The van der Waals surface area contributed by atoms with E-state index in [1.807, 2.05) is 0 Å². The standard InChI is InChI=1S/C11H20O4.C8H14O3.C7H12O4.C7H12O3.3CH4/c1-11(2,7-12-3-9-5-14-9)8-13-4-10-6-15-10;1-6(2-7-3-10-7)9-4-8-5-11-8;1(6-3-10-6)8-5-9-2-7-4-11-7;1(6-4-9-6)2-8-3-7-5-10-7;;;/h9-10H,3-8H2,1-2H3;6-8H,2-5H2,1H3;6-7H,1-5H2;6-7H,1-5H2;3*1H4. The van der Waals surface area contributed by atoms with Crippen molar-refractivity contribution >= 4 is 0 Å². The first kappa shape index (κ1) is 45.6. The van der Waals surface area contributed by atoms with E-state index in [0.717, 1.165) is 112 Å². The number of hydrogen-bond acceptors (Lipinski definition) is 14. The van der Waals surface area contributed by atoms with Gasteiger partial charge in [-0.3, -0.25) is 0 Å². The molecule has 0 aromatic heterocycles. The average Bonchev–Trinajstić information content (AvgIpc) is 3.85. The van der Waals surface area contributed by atoms with Gasteiger partial charge in [-0.05, 0) is 13.3 Å². The summed E-state index contributed by atoms with van der Waals surface area (Å²) >= 11 is 0. The minimum atomic E-state index is 0. The highest BCUT2D eigenvalue weighted by atomic mass is 16.7. The van der Waals surface area contributed by atoms with Gasteiger partial charge in [-0.15, -0.1) is 0 Å². The summed E-state index contributed by atoms with van der Waals surface area (Å²) in [5.74, 6) is 0. The van der Waals surface area contributed by atoms with E-state index < -0.39 is 0 Å². The van der Waals surface area contributed by atoms with E-state index in [0.29, 0.717) is 74.9 Å². The predicted molar refractivity (Wildman–Crippen MR) is 186 cm³/mol. The molecule has 9 atom stereocenters. The lowest BCUT2D eigenvalue weighted by Gasteiger charge is -2.23. The number of rotatable bonds is 24. The van der Waals surface area contributed by atoms with Crippen LogP contribution in [0.3, 0.4) is 0 Å². The molecule has 8 saturated heterocycles. The molecule has 8 rings (SSSR count). The Morgan fingerprint density at radius 1 is 0.480 bits per heavy atom. The lowest BCUT2D eigenvalue weighted by Crippen LogP contribution is -2.27. The second kappa shape index (κ2) is 24.7. The fourth-order valence-corrected chi connectivity index (χ4v) is 3.96. The molecule has 0 spiro atoms. The molecule has 50 heavy (non-hydrogen) atoms. The molecule has 8 heterocycles. The second-order valence-corrected chi connectivity index (χ2v) is 13.9. The Hall–Kier alpha value is -0.560. The number of ether oxygens (including phenoxy) is 14. The maximum atomic E-state index is 5.56. The van der Waals surface area contributed by atoms with E-state index in [1.165, 1.54) is 0 Å². The first-order valence-electron chi connectivity index (χ1n) is 17.3. The molecule has 8 fully saturated rings. The molecule has 0 saturated carbocycles. The normalized spacial score (nSPS) is 31.5. The summed E-state index contributed by atoms with van der Waals surface area (Å²) < 4.78 is 72.3. The minimum Gasteiger partial charge on any atom is -0.379 e. The van der Waals surface area contributed by atoms with Gasteiger partial charge >= 0.3 is 0 Å². The molecule has 8 aliphatic rings. The fourth-order valence-electron chi connectivity index (χ4n) is 3.96. The fraction of sp³-hybridized carbons (Fsp3) is 1.00. The van der Waals surface area contributed by atoms with Crippen LogP contribution in [0, 0.1) is 5.41 Å². The van der Waals surface area contributed by atoms with Crippen LogP contribution in [0.4, 0.5) is 0 Å². The van der Waals surface area contributed by atoms with Crippen molar-refractivity contribution in [3.8, 4) is 0 Å². The van der Waals surface area contributed by atoms with Gasteiger partial charge in [0.05, 0.1) is 124 Å². The van der Waals surface area contributed by atoms with Gasteiger partial charge in [-0.2, -0.15) is 0 Å². The minimum absolute atomic E-state index is 0. The van der Waals surface area contributed by atoms with Crippen LogP contribution in [0.5, 0.6) is 0 Å². The molecular formula is C36H70O14. The summed E-state index contributed by atoms with van der Waals surface area (Å²) in [4.78, 5) is 0. The Morgan fingerprint density at radius 3 is 1.20 bits per heavy atom. The molecule has 0 aliphatic carbocycles. The van der Waals surface area contributed by atoms with Crippen molar-refractivity contribution in [2.24, 2.45) is 5.41 Å². The molecule has 0 aromatic rings. The molecule has 298 valence electrons. The van der Waals surface area contributed by atoms with Gasteiger partial charge in [0.1, 0.15) is 43.4 Å². The van der Waals surface area contributed by atoms with Gasteiger partial charge in [-0.1, -0.05) is 36.1 Å². The molecule has 14 nitrogen and oxygen atoms in total. The highest BCUT2D eigenvalue weighted by molar-refractivity contribution is 4.75. The molecular weight excluding hydrogens is 656 g/mol. The van der Waals surface area contributed by atoms with Crippen LogP contribution in [-0.4, -0.2) is 174 Å². The maximum absolute atomic E-state index is 5.56. The van der Waals surface area contributed by atoms with Crippen molar-refractivity contribution in [3.63, 3.8) is 0 Å². The van der Waals surface area contributed by atoms with E-state index in [2.05, 4.69) is 20.8 Å². The monoisotopic (exact) mass is 726 g/mol. The van der Waals surface area contributed by atoms with E-state index in [9.17, 15) is 0 Å². The largest absolute Gasteiger partial charge is 0.379 e. The van der Waals surface area contributed by atoms with Crippen LogP contribution < -0.4 is 0 Å². The molecule has 0 amide bonds. The Kier molecular flexibility index (Phi) is 22.5. The molecule has 9 unspecified atom stereocenters. The predicted octanol–water partition coefficient (Wildman–Crippen LogP) is 3.30. The summed E-state index contributed by atoms with van der Waals surface area (Å²) in [7, 11) is 0. The highest BCUT2D eigenvalue weighted by Crippen LogP contribution is 2.20. The van der Waals surface area contributed by atoms with Gasteiger partial charge in [0, 0.05) is 18.4 Å². The van der Waals surface area contributed by atoms with Gasteiger partial charge in [0.2, 0.25) is 0 Å². The summed E-state index contributed by atoms with van der Waals surface area (Å²) in [5.41, 5.74) is 0.0732. The van der Waals surface area contributed by atoms with Crippen LogP contribution in [0.1, 0.15) is 55.9 Å². The van der Waals surface area contributed by atoms with E-state index in [4.69, 9.17) is 66.3 Å². The lowest BCUT2D eigenvalue weighted by atomic mass is 9.96. The zero-order valence-electron chi connectivity index (χ0n) is 28.6. The van der Waals surface area contributed by atoms with Crippen molar-refractivity contribution in [3.05, 3.63) is 0 Å². The second-order valence-electron chi connectivity index (χ2n) is 13.9. The Bertz CT molecular complexity index is 772. The third-order valence-electron chi connectivity index (χ3n) is 7.64. The Balaban J connectivity index is 0.000000229. The molecule has 0 N–H and O–H groups in total. The highest BCUT2D eigenvalue weighted by Gasteiger charge is 2.29. The van der Waals surface area contributed by atoms with Crippen molar-refractivity contribution in [2.75, 3.05) is 119 Å². The van der Waals surface area contributed by atoms with Gasteiger partial charge in [0.25, 0.3) is 0 Å². The summed E-state index contributed by atoms with van der Waals surface area (Å²) in [5, 5.41) is 0. The van der Waals surface area contributed by atoms with Gasteiger partial charge in [-0.25, -0.2) is 0 Å². The summed E-state index contributed by atoms with van der Waals surface area (Å²) in [6.45, 7) is 20.3. The molecule has 14 heteroatoms. The van der Waals surface area contributed by atoms with Crippen LogP contribution in [-0.2, 0) is 66.3 Å². The van der Waals surface area contributed by atoms with Crippen LogP contribution >= 0.6 is 0 Å². The topological polar surface area (TPSA) is 156 Å². The molecule has 0 aromatic carbocycles. The first-order valence-corrected chi connectivity index (χ1v) is 17.3. The Morgan fingerprint density at radius 2 is 0.820 bits per heavy atom. The quantitative estimate of drug-likeness (QED) is 0.0811. The van der Waals surface area contributed by atoms with Crippen LogP contribution in [0.25, 0.3) is 0 Å². The van der Waals surface area contributed by atoms with Crippen molar-refractivity contribution in [2.45, 2.75) is 111 Å².